The van der Waals surface area contributed by atoms with E-state index in [4.69, 9.17) is 0 Å². The van der Waals surface area contributed by atoms with Crippen molar-refractivity contribution in [3.05, 3.63) is 48.2 Å². The van der Waals surface area contributed by atoms with Gasteiger partial charge in [-0.05, 0) is 45.4 Å². The van der Waals surface area contributed by atoms with E-state index in [-0.39, 0.29) is 11.6 Å². The number of aromatic hydroxyl groups is 1. The number of alkyl halides is 2. The molecule has 0 saturated carbocycles. The number of fused-ring (bicyclic) bond motifs is 1. The summed E-state index contributed by atoms with van der Waals surface area (Å²) in [5.74, 6) is -0.0713. The fraction of sp³-hybridized carbons (Fsp3) is 0.273. The molecule has 8 nitrogen and oxygen atoms in total. The second-order valence-corrected chi connectivity index (χ2v) is 7.89. The topological polar surface area (TPSA) is 102 Å². The van der Waals surface area contributed by atoms with Crippen molar-refractivity contribution in [2.75, 3.05) is 0 Å². The van der Waals surface area contributed by atoms with Gasteiger partial charge in [0.05, 0.1) is 46.9 Å². The van der Waals surface area contributed by atoms with E-state index in [2.05, 4.69) is 25.9 Å². The van der Waals surface area contributed by atoms with E-state index in [0.717, 1.165) is 5.56 Å². The Labute approximate surface area is 182 Å². The lowest BCUT2D eigenvalue weighted by molar-refractivity contribution is -0.0500. The number of ether oxygens (including phenoxy) is 1. The van der Waals surface area contributed by atoms with Crippen LogP contribution in [0, 0.1) is 25.2 Å². The Morgan fingerprint density at radius 1 is 1.19 bits per heavy atom. The molecule has 4 heterocycles. The average Bonchev–Trinajstić information content (AvgIpc) is 3.31. The summed E-state index contributed by atoms with van der Waals surface area (Å²) in [5.41, 5.74) is 2.68. The second-order valence-electron chi connectivity index (χ2n) is 7.89. The number of pyridine rings is 2. The predicted molar refractivity (Wildman–Crippen MR) is 113 cm³/mol. The molecule has 0 aliphatic rings. The fourth-order valence-corrected chi connectivity index (χ4v) is 3.57. The number of hydrogen-bond acceptors (Lipinski definition) is 6. The van der Waals surface area contributed by atoms with Crippen molar-refractivity contribution < 1.29 is 18.6 Å². The maximum atomic E-state index is 12.6. The highest BCUT2D eigenvalue weighted by Gasteiger charge is 2.24. The maximum Gasteiger partial charge on any atom is 0.387 e. The van der Waals surface area contributed by atoms with Crippen molar-refractivity contribution in [2.24, 2.45) is 0 Å². The van der Waals surface area contributed by atoms with E-state index < -0.39 is 12.2 Å². The minimum atomic E-state index is -2.95. The zero-order valence-corrected chi connectivity index (χ0v) is 17.8. The van der Waals surface area contributed by atoms with Crippen LogP contribution in [-0.4, -0.2) is 36.0 Å². The molecule has 0 aromatic carbocycles. The van der Waals surface area contributed by atoms with E-state index in [0.29, 0.717) is 33.5 Å². The molecule has 0 fully saturated rings. The van der Waals surface area contributed by atoms with Gasteiger partial charge in [-0.2, -0.15) is 19.1 Å². The van der Waals surface area contributed by atoms with Crippen LogP contribution in [0.25, 0.3) is 27.8 Å². The van der Waals surface area contributed by atoms with Gasteiger partial charge in [0, 0.05) is 17.5 Å². The highest BCUT2D eigenvalue weighted by Crippen LogP contribution is 2.37. The van der Waals surface area contributed by atoms with E-state index in [1.807, 2.05) is 6.92 Å². The molecule has 0 spiro atoms. The Bertz CT molecular complexity index is 1370. The average molecular weight is 438 g/mol. The number of aromatic nitrogens is 5. The number of aryl methyl sites for hydroxylation is 2. The van der Waals surface area contributed by atoms with Crippen LogP contribution in [0.5, 0.6) is 11.6 Å². The molecule has 4 aromatic rings. The molecule has 4 aromatic heterocycles. The Morgan fingerprint density at radius 2 is 1.94 bits per heavy atom. The van der Waals surface area contributed by atoms with Crippen molar-refractivity contribution in [3.8, 4) is 34.6 Å². The SMILES string of the molecule is Cc1cc(-c2cncc(OC(F)F)c2)nc2c(C)n(-c3cnn(C(C)(C)C#N)c3)c(O)c12. The lowest BCUT2D eigenvalue weighted by Gasteiger charge is -2.15. The third-order valence-corrected chi connectivity index (χ3v) is 5.24. The largest absolute Gasteiger partial charge is 0.494 e. The molecule has 0 unspecified atom stereocenters. The van der Waals surface area contributed by atoms with Gasteiger partial charge < -0.3 is 9.84 Å². The normalized spacial score (nSPS) is 11.8. The molecule has 0 atom stereocenters. The molecular formula is C22H20F2N6O2. The van der Waals surface area contributed by atoms with E-state index >= 15 is 0 Å². The lowest BCUT2D eigenvalue weighted by atomic mass is 10.1. The lowest BCUT2D eigenvalue weighted by Crippen LogP contribution is -2.24. The first-order chi connectivity index (χ1) is 15.1. The molecule has 10 heteroatoms. The summed E-state index contributed by atoms with van der Waals surface area (Å²) < 4.78 is 32.7. The van der Waals surface area contributed by atoms with Gasteiger partial charge in [0.2, 0.25) is 5.88 Å². The van der Waals surface area contributed by atoms with Gasteiger partial charge in [0.15, 0.2) is 0 Å². The van der Waals surface area contributed by atoms with Gasteiger partial charge in [-0.1, -0.05) is 0 Å². The smallest absolute Gasteiger partial charge is 0.387 e. The van der Waals surface area contributed by atoms with Gasteiger partial charge in [0.1, 0.15) is 11.3 Å². The number of nitriles is 1. The van der Waals surface area contributed by atoms with Crippen molar-refractivity contribution in [1.29, 1.82) is 5.26 Å². The summed E-state index contributed by atoms with van der Waals surface area (Å²) in [6, 6.07) is 5.37. The molecule has 0 amide bonds. The van der Waals surface area contributed by atoms with Gasteiger partial charge >= 0.3 is 6.61 Å². The predicted octanol–water partition coefficient (Wildman–Crippen LogP) is 4.47. The fourth-order valence-electron chi connectivity index (χ4n) is 3.57. The molecule has 164 valence electrons. The molecule has 32 heavy (non-hydrogen) atoms. The molecule has 1 N–H and O–H groups in total. The number of halogens is 2. The zero-order valence-electron chi connectivity index (χ0n) is 17.8. The zero-order chi connectivity index (χ0) is 23.2. The van der Waals surface area contributed by atoms with E-state index in [1.54, 1.807) is 43.8 Å². The molecule has 0 aliphatic heterocycles. The first kappa shape index (κ1) is 21.2. The molecule has 0 saturated heterocycles. The third-order valence-electron chi connectivity index (χ3n) is 5.24. The van der Waals surface area contributed by atoms with Crippen LogP contribution in [0.15, 0.2) is 36.9 Å². The second kappa shape index (κ2) is 7.60. The first-order valence-electron chi connectivity index (χ1n) is 9.71. The van der Waals surface area contributed by atoms with Crippen LogP contribution in [0.4, 0.5) is 8.78 Å². The Hall–Kier alpha value is -4.00. The van der Waals surface area contributed by atoms with Crippen LogP contribution in [0.2, 0.25) is 0 Å². The standard InChI is InChI=1S/C22H20F2N6O2/c1-12-5-17(14-6-16(9-26-7-14)32-21(23)24)28-19-13(2)30(20(31)18(12)19)15-8-27-29(10-15)22(3,4)11-25/h5-10,21,31H,1-4H3. The highest BCUT2D eigenvalue weighted by molar-refractivity contribution is 5.93. The highest BCUT2D eigenvalue weighted by atomic mass is 19.3. The van der Waals surface area contributed by atoms with Crippen LogP contribution in [-0.2, 0) is 5.54 Å². The van der Waals surface area contributed by atoms with Gasteiger partial charge in [-0.3, -0.25) is 14.2 Å². The monoisotopic (exact) mass is 438 g/mol. The Balaban J connectivity index is 1.85. The number of hydrogen-bond donors (Lipinski definition) is 1. The molecule has 0 bridgehead atoms. The summed E-state index contributed by atoms with van der Waals surface area (Å²) in [4.78, 5) is 8.62. The Kier molecular flexibility index (Phi) is 5.05. The van der Waals surface area contributed by atoms with Crippen molar-refractivity contribution >= 4 is 10.9 Å². The number of nitrogens with zero attached hydrogens (tertiary/aromatic N) is 6. The summed E-state index contributed by atoms with van der Waals surface area (Å²) in [6.07, 6.45) is 5.96. The summed E-state index contributed by atoms with van der Waals surface area (Å²) in [6.45, 7) is 4.15. The molecular weight excluding hydrogens is 418 g/mol. The van der Waals surface area contributed by atoms with Crippen molar-refractivity contribution in [1.82, 2.24) is 24.3 Å². The Morgan fingerprint density at radius 3 is 2.62 bits per heavy atom. The van der Waals surface area contributed by atoms with Crippen LogP contribution in [0.1, 0.15) is 25.1 Å². The minimum Gasteiger partial charge on any atom is -0.494 e. The van der Waals surface area contributed by atoms with Gasteiger partial charge in [0.25, 0.3) is 0 Å². The molecule has 0 radical (unpaired) electrons. The molecule has 0 aliphatic carbocycles. The maximum absolute atomic E-state index is 12.6. The van der Waals surface area contributed by atoms with E-state index in [1.165, 1.54) is 23.1 Å². The summed E-state index contributed by atoms with van der Waals surface area (Å²) in [7, 11) is 0. The molecule has 4 rings (SSSR count). The van der Waals surface area contributed by atoms with Crippen LogP contribution < -0.4 is 4.74 Å². The summed E-state index contributed by atoms with van der Waals surface area (Å²) in [5, 5.41) is 25.2. The van der Waals surface area contributed by atoms with Crippen LogP contribution >= 0.6 is 0 Å². The third kappa shape index (κ3) is 3.51. The van der Waals surface area contributed by atoms with Crippen LogP contribution in [0.3, 0.4) is 0 Å². The van der Waals surface area contributed by atoms with E-state index in [9.17, 15) is 19.1 Å². The van der Waals surface area contributed by atoms with Gasteiger partial charge in [-0.15, -0.1) is 0 Å². The first-order valence-corrected chi connectivity index (χ1v) is 9.71. The minimum absolute atomic E-state index is 0.00345. The number of rotatable bonds is 5. The van der Waals surface area contributed by atoms with Gasteiger partial charge in [-0.25, -0.2) is 4.98 Å². The van der Waals surface area contributed by atoms with Crippen molar-refractivity contribution in [2.45, 2.75) is 39.8 Å². The summed E-state index contributed by atoms with van der Waals surface area (Å²) >= 11 is 0. The van der Waals surface area contributed by atoms with Crippen molar-refractivity contribution in [3.63, 3.8) is 0 Å². The quantitative estimate of drug-likeness (QED) is 0.493.